The van der Waals surface area contributed by atoms with Gasteiger partial charge in [0.25, 0.3) is 5.91 Å². The van der Waals surface area contributed by atoms with Gasteiger partial charge in [0.1, 0.15) is 11.5 Å². The van der Waals surface area contributed by atoms with Gasteiger partial charge in [-0.3, -0.25) is 20.6 Å². The summed E-state index contributed by atoms with van der Waals surface area (Å²) < 4.78 is 10.8. The van der Waals surface area contributed by atoms with E-state index in [2.05, 4.69) is 28.0 Å². The summed E-state index contributed by atoms with van der Waals surface area (Å²) in [5, 5.41) is 0. The number of methoxy groups -OCH3 is 2. The number of nitrogens with one attached hydrogen (secondary N) is 2. The Morgan fingerprint density at radius 3 is 2.72 bits per heavy atom. The molecule has 29 heavy (non-hydrogen) atoms. The molecular weight excluding hydrogens is 368 g/mol. The number of piperidine rings is 1. The van der Waals surface area contributed by atoms with Gasteiger partial charge in [0.05, 0.1) is 19.8 Å². The highest BCUT2D eigenvalue weighted by molar-refractivity contribution is 5.97. The van der Waals surface area contributed by atoms with Gasteiger partial charge in [0.2, 0.25) is 0 Å². The molecule has 1 amide bonds. The van der Waals surface area contributed by atoms with Crippen molar-refractivity contribution >= 4 is 5.91 Å². The third kappa shape index (κ3) is 3.93. The first-order chi connectivity index (χ1) is 14.2. The Morgan fingerprint density at radius 1 is 1.14 bits per heavy atom. The molecule has 2 N–H and O–H groups in total. The van der Waals surface area contributed by atoms with Gasteiger partial charge in [-0.1, -0.05) is 0 Å². The Labute approximate surface area is 171 Å². The van der Waals surface area contributed by atoms with Gasteiger partial charge in [0.15, 0.2) is 0 Å². The topological polar surface area (TPSA) is 75.7 Å². The summed E-state index contributed by atoms with van der Waals surface area (Å²) in [6, 6.07) is 9.73. The number of hydrogen-bond donors (Lipinski definition) is 2. The van der Waals surface area contributed by atoms with E-state index in [0.29, 0.717) is 17.1 Å². The molecule has 7 nitrogen and oxygen atoms in total. The summed E-state index contributed by atoms with van der Waals surface area (Å²) in [4.78, 5) is 19.7. The van der Waals surface area contributed by atoms with Crippen molar-refractivity contribution in [2.75, 3.05) is 27.3 Å². The Bertz CT molecular complexity index is 845. The lowest BCUT2D eigenvalue weighted by atomic mass is 9.84. The van der Waals surface area contributed by atoms with Gasteiger partial charge in [-0.25, -0.2) is 0 Å². The number of hydrogen-bond acceptors (Lipinski definition) is 6. The molecule has 2 aliphatic rings. The summed E-state index contributed by atoms with van der Waals surface area (Å²) >= 11 is 0. The summed E-state index contributed by atoms with van der Waals surface area (Å²) in [7, 11) is 3.20. The lowest BCUT2D eigenvalue weighted by Gasteiger charge is -2.41. The predicted molar refractivity (Wildman–Crippen MR) is 110 cm³/mol. The molecule has 0 spiro atoms. The van der Waals surface area contributed by atoms with E-state index in [1.165, 1.54) is 5.56 Å². The van der Waals surface area contributed by atoms with Crippen molar-refractivity contribution < 1.29 is 14.3 Å². The van der Waals surface area contributed by atoms with Crippen LogP contribution < -0.4 is 20.3 Å². The van der Waals surface area contributed by atoms with Crippen molar-refractivity contribution in [3.05, 3.63) is 53.9 Å². The van der Waals surface area contributed by atoms with E-state index < -0.39 is 0 Å². The maximum atomic E-state index is 13.6. The lowest BCUT2D eigenvalue weighted by molar-refractivity contribution is 0.0547. The molecule has 2 saturated heterocycles. The van der Waals surface area contributed by atoms with Crippen LogP contribution in [0.1, 0.15) is 41.1 Å². The highest BCUT2D eigenvalue weighted by atomic mass is 16.5. The van der Waals surface area contributed by atoms with Gasteiger partial charge >= 0.3 is 0 Å². The van der Waals surface area contributed by atoms with E-state index in [0.717, 1.165) is 32.4 Å². The van der Waals surface area contributed by atoms with E-state index in [4.69, 9.17) is 9.47 Å². The van der Waals surface area contributed by atoms with E-state index >= 15 is 0 Å². The number of hydrazine groups is 1. The van der Waals surface area contributed by atoms with Crippen LogP contribution in [0.25, 0.3) is 0 Å². The molecule has 3 heterocycles. The SMILES string of the molecule is COc1ccc(OC)c(C(=O)N2CCCCC2C2NNCC2c2ccncc2)c1. The van der Waals surface area contributed by atoms with Gasteiger partial charge in [-0.15, -0.1) is 0 Å². The fourth-order valence-electron chi connectivity index (χ4n) is 4.53. The maximum absolute atomic E-state index is 13.6. The summed E-state index contributed by atoms with van der Waals surface area (Å²) in [6.07, 6.45) is 6.75. The highest BCUT2D eigenvalue weighted by Gasteiger charge is 2.41. The number of benzene rings is 1. The molecule has 2 aromatic rings. The predicted octanol–water partition coefficient (Wildman–Crippen LogP) is 2.35. The molecule has 0 radical (unpaired) electrons. The second-order valence-electron chi connectivity index (χ2n) is 7.57. The molecule has 0 saturated carbocycles. The normalized spacial score (nSPS) is 24.3. The number of carbonyl (C=O) groups excluding carboxylic acids is 1. The average molecular weight is 396 g/mol. The molecule has 7 heteroatoms. The van der Waals surface area contributed by atoms with Crippen LogP contribution in [0.5, 0.6) is 11.5 Å². The van der Waals surface area contributed by atoms with Crippen LogP contribution in [0.2, 0.25) is 0 Å². The molecule has 0 aliphatic carbocycles. The minimum Gasteiger partial charge on any atom is -0.497 e. The second kappa shape index (κ2) is 8.80. The van der Waals surface area contributed by atoms with Crippen LogP contribution in [0.15, 0.2) is 42.7 Å². The molecule has 2 aliphatic heterocycles. The fraction of sp³-hybridized carbons (Fsp3) is 0.455. The van der Waals surface area contributed by atoms with Crippen LogP contribution in [0.4, 0.5) is 0 Å². The molecule has 1 aromatic carbocycles. The number of amides is 1. The Hall–Kier alpha value is -2.64. The highest BCUT2D eigenvalue weighted by Crippen LogP contribution is 2.33. The number of aromatic nitrogens is 1. The zero-order chi connectivity index (χ0) is 20.2. The third-order valence-electron chi connectivity index (χ3n) is 6.02. The molecule has 0 bridgehead atoms. The van der Waals surface area contributed by atoms with E-state index in [9.17, 15) is 4.79 Å². The van der Waals surface area contributed by atoms with Crippen molar-refractivity contribution in [2.45, 2.75) is 37.3 Å². The van der Waals surface area contributed by atoms with Gasteiger partial charge < -0.3 is 14.4 Å². The maximum Gasteiger partial charge on any atom is 0.258 e. The largest absolute Gasteiger partial charge is 0.497 e. The number of ether oxygens (including phenoxy) is 2. The van der Waals surface area contributed by atoms with Gasteiger partial charge in [0, 0.05) is 43.5 Å². The summed E-state index contributed by atoms with van der Waals surface area (Å²) in [5.74, 6) is 1.50. The summed E-state index contributed by atoms with van der Waals surface area (Å²) in [5.41, 5.74) is 8.53. The first-order valence-corrected chi connectivity index (χ1v) is 10.1. The summed E-state index contributed by atoms with van der Waals surface area (Å²) in [6.45, 7) is 1.57. The number of carbonyl (C=O) groups is 1. The number of likely N-dealkylation sites (tertiary alicyclic amines) is 1. The standard InChI is InChI=1S/C22H28N4O3/c1-28-16-6-7-20(29-2)17(13-16)22(27)26-12-4-3-5-19(26)21-18(14-24-25-21)15-8-10-23-11-9-15/h6-11,13,18-19,21,24-25H,3-5,12,14H2,1-2H3. The zero-order valence-corrected chi connectivity index (χ0v) is 16.9. The minimum atomic E-state index is -0.00683. The minimum absolute atomic E-state index is 0.00683. The van der Waals surface area contributed by atoms with E-state index in [1.54, 1.807) is 26.4 Å². The van der Waals surface area contributed by atoms with Crippen molar-refractivity contribution in [3.8, 4) is 11.5 Å². The molecule has 1 aromatic heterocycles. The van der Waals surface area contributed by atoms with Crippen LogP contribution in [-0.4, -0.2) is 55.2 Å². The fourth-order valence-corrected chi connectivity index (χ4v) is 4.53. The van der Waals surface area contributed by atoms with Gasteiger partial charge in [-0.05, 0) is 55.2 Å². The Balaban J connectivity index is 1.63. The number of rotatable bonds is 5. The van der Waals surface area contributed by atoms with Crippen molar-refractivity contribution in [2.24, 2.45) is 0 Å². The van der Waals surface area contributed by atoms with E-state index in [-0.39, 0.29) is 23.9 Å². The molecule has 2 fully saturated rings. The third-order valence-corrected chi connectivity index (χ3v) is 6.02. The molecule has 154 valence electrons. The quantitative estimate of drug-likeness (QED) is 0.808. The Morgan fingerprint density at radius 2 is 1.97 bits per heavy atom. The number of pyridine rings is 1. The molecule has 4 rings (SSSR count). The first kappa shape index (κ1) is 19.7. The van der Waals surface area contributed by atoms with Crippen molar-refractivity contribution in [3.63, 3.8) is 0 Å². The lowest BCUT2D eigenvalue weighted by Crippen LogP contribution is -2.55. The Kier molecular flexibility index (Phi) is 5.97. The van der Waals surface area contributed by atoms with Crippen LogP contribution >= 0.6 is 0 Å². The molecular formula is C22H28N4O3. The molecule has 3 unspecified atom stereocenters. The smallest absolute Gasteiger partial charge is 0.258 e. The first-order valence-electron chi connectivity index (χ1n) is 10.1. The monoisotopic (exact) mass is 396 g/mol. The van der Waals surface area contributed by atoms with Crippen molar-refractivity contribution in [1.82, 2.24) is 20.7 Å². The van der Waals surface area contributed by atoms with Crippen LogP contribution in [-0.2, 0) is 0 Å². The van der Waals surface area contributed by atoms with Crippen molar-refractivity contribution in [1.29, 1.82) is 0 Å². The average Bonchev–Trinajstić information content (AvgIpc) is 3.28. The van der Waals surface area contributed by atoms with Crippen LogP contribution in [0, 0.1) is 0 Å². The van der Waals surface area contributed by atoms with Gasteiger partial charge in [-0.2, -0.15) is 0 Å². The zero-order valence-electron chi connectivity index (χ0n) is 16.9. The number of nitrogens with zero attached hydrogens (tertiary/aromatic N) is 2. The second-order valence-corrected chi connectivity index (χ2v) is 7.57. The molecule has 3 atom stereocenters. The van der Waals surface area contributed by atoms with E-state index in [1.807, 2.05) is 23.4 Å². The van der Waals surface area contributed by atoms with Crippen LogP contribution in [0.3, 0.4) is 0 Å².